The van der Waals surface area contributed by atoms with Crippen LogP contribution in [0.4, 0.5) is 0 Å². The molecule has 0 saturated carbocycles. The summed E-state index contributed by atoms with van der Waals surface area (Å²) in [5.41, 5.74) is 2.35. The standard InChI is InChI=1S/C11H6Cl4N2O3/c12-6-2-1-5(3-7(6)13)10(18)17-16-4-8(14)9(15)11(19)20/h1-4H,(H,17,18)(H,19,20)/b9-8+,16-4+. The van der Waals surface area contributed by atoms with Crippen LogP contribution in [0.15, 0.2) is 33.4 Å². The average molecular weight is 356 g/mol. The van der Waals surface area contributed by atoms with Gasteiger partial charge in [-0.15, -0.1) is 0 Å². The van der Waals surface area contributed by atoms with E-state index in [1.54, 1.807) is 0 Å². The van der Waals surface area contributed by atoms with Gasteiger partial charge in [-0.1, -0.05) is 46.4 Å². The highest BCUT2D eigenvalue weighted by Gasteiger charge is 2.09. The Labute approximate surface area is 133 Å². The Morgan fingerprint density at radius 2 is 1.85 bits per heavy atom. The molecule has 0 radical (unpaired) electrons. The fourth-order valence-corrected chi connectivity index (χ4v) is 1.48. The van der Waals surface area contributed by atoms with Crippen LogP contribution < -0.4 is 5.43 Å². The molecule has 0 fully saturated rings. The Balaban J connectivity index is 2.75. The summed E-state index contributed by atoms with van der Waals surface area (Å²) in [6.07, 6.45) is 0.896. The third-order valence-corrected chi connectivity index (χ3v) is 3.41. The Bertz CT molecular complexity index is 614. The van der Waals surface area contributed by atoms with Gasteiger partial charge >= 0.3 is 5.97 Å². The average Bonchev–Trinajstić information content (AvgIpc) is 2.40. The van der Waals surface area contributed by atoms with Gasteiger partial charge in [0.2, 0.25) is 0 Å². The van der Waals surface area contributed by atoms with Crippen molar-refractivity contribution in [1.82, 2.24) is 5.43 Å². The molecule has 0 aliphatic rings. The van der Waals surface area contributed by atoms with E-state index in [9.17, 15) is 9.59 Å². The lowest BCUT2D eigenvalue weighted by molar-refractivity contribution is -0.131. The summed E-state index contributed by atoms with van der Waals surface area (Å²) in [4.78, 5) is 22.1. The van der Waals surface area contributed by atoms with Crippen molar-refractivity contribution in [2.24, 2.45) is 5.10 Å². The lowest BCUT2D eigenvalue weighted by Crippen LogP contribution is -2.17. The molecule has 0 atom stereocenters. The van der Waals surface area contributed by atoms with Gasteiger partial charge in [-0.05, 0) is 18.2 Å². The van der Waals surface area contributed by atoms with Crippen molar-refractivity contribution in [2.75, 3.05) is 0 Å². The molecule has 0 aliphatic heterocycles. The number of hydrogen-bond donors (Lipinski definition) is 2. The molecule has 0 heterocycles. The third kappa shape index (κ3) is 4.68. The Morgan fingerprint density at radius 3 is 2.40 bits per heavy atom. The van der Waals surface area contributed by atoms with E-state index >= 15 is 0 Å². The molecule has 0 spiro atoms. The maximum Gasteiger partial charge on any atom is 0.348 e. The summed E-state index contributed by atoms with van der Waals surface area (Å²) < 4.78 is 0. The fraction of sp³-hybridized carbons (Fsp3) is 0. The number of nitrogens with one attached hydrogen (secondary N) is 1. The van der Waals surface area contributed by atoms with Crippen molar-refractivity contribution in [3.63, 3.8) is 0 Å². The Hall–Kier alpha value is -1.27. The van der Waals surface area contributed by atoms with Gasteiger partial charge in [-0.25, -0.2) is 10.2 Å². The van der Waals surface area contributed by atoms with E-state index in [1.165, 1.54) is 18.2 Å². The van der Waals surface area contributed by atoms with Crippen LogP contribution in [0.2, 0.25) is 10.0 Å². The number of amides is 1. The SMILES string of the molecule is O=C(O)/C(Cl)=C(Cl)/C=N/NC(=O)c1ccc(Cl)c(Cl)c1. The molecule has 1 aromatic rings. The zero-order chi connectivity index (χ0) is 15.3. The summed E-state index contributed by atoms with van der Waals surface area (Å²) in [5, 5.41) is 11.6. The molecule has 0 aliphatic carbocycles. The summed E-state index contributed by atoms with van der Waals surface area (Å²) in [6, 6.07) is 4.26. The second kappa shape index (κ2) is 7.50. The van der Waals surface area contributed by atoms with E-state index in [4.69, 9.17) is 51.5 Å². The first kappa shape index (κ1) is 16.8. The van der Waals surface area contributed by atoms with Crippen molar-refractivity contribution < 1.29 is 14.7 Å². The molecule has 2 N–H and O–H groups in total. The molecule has 0 bridgehead atoms. The van der Waals surface area contributed by atoms with Gasteiger partial charge in [0.25, 0.3) is 5.91 Å². The minimum Gasteiger partial charge on any atom is -0.477 e. The van der Waals surface area contributed by atoms with Gasteiger partial charge in [0.15, 0.2) is 0 Å². The number of benzene rings is 1. The minimum atomic E-state index is -1.40. The number of hydrazone groups is 1. The highest BCUT2D eigenvalue weighted by Crippen LogP contribution is 2.22. The lowest BCUT2D eigenvalue weighted by Gasteiger charge is -2.01. The van der Waals surface area contributed by atoms with E-state index < -0.39 is 16.9 Å². The van der Waals surface area contributed by atoms with Gasteiger partial charge < -0.3 is 5.11 Å². The predicted octanol–water partition coefficient (Wildman–Crippen LogP) is 3.48. The molecule has 1 amide bonds. The molecule has 0 aromatic heterocycles. The van der Waals surface area contributed by atoms with Crippen LogP contribution in [0.5, 0.6) is 0 Å². The highest BCUT2D eigenvalue weighted by atomic mass is 35.5. The predicted molar refractivity (Wildman–Crippen MR) is 78.8 cm³/mol. The molecule has 5 nitrogen and oxygen atoms in total. The van der Waals surface area contributed by atoms with Crippen LogP contribution in [0.1, 0.15) is 10.4 Å². The molecule has 0 saturated heterocycles. The van der Waals surface area contributed by atoms with Crippen LogP contribution in [-0.2, 0) is 4.79 Å². The molecule has 20 heavy (non-hydrogen) atoms. The minimum absolute atomic E-state index is 0.218. The monoisotopic (exact) mass is 354 g/mol. The van der Waals surface area contributed by atoms with Crippen LogP contribution in [0.3, 0.4) is 0 Å². The fourth-order valence-electron chi connectivity index (χ4n) is 1.01. The van der Waals surface area contributed by atoms with Gasteiger partial charge in [0.05, 0.1) is 21.3 Å². The molecule has 9 heteroatoms. The number of carbonyl (C=O) groups is 2. The number of allylic oxidation sites excluding steroid dienone is 1. The first-order valence-corrected chi connectivity index (χ1v) is 6.41. The van der Waals surface area contributed by atoms with Crippen LogP contribution in [-0.4, -0.2) is 23.2 Å². The van der Waals surface area contributed by atoms with Crippen LogP contribution in [0.25, 0.3) is 0 Å². The number of rotatable bonds is 4. The maximum atomic E-state index is 11.7. The zero-order valence-electron chi connectivity index (χ0n) is 9.53. The second-order valence-electron chi connectivity index (χ2n) is 3.30. The van der Waals surface area contributed by atoms with Crippen molar-refractivity contribution in [3.05, 3.63) is 43.9 Å². The van der Waals surface area contributed by atoms with Gasteiger partial charge in [0.1, 0.15) is 5.03 Å². The second-order valence-corrected chi connectivity index (χ2v) is 4.89. The summed E-state index contributed by atoms with van der Waals surface area (Å²) in [7, 11) is 0. The molecular formula is C11H6Cl4N2O3. The van der Waals surface area contributed by atoms with E-state index in [0.29, 0.717) is 5.02 Å². The number of halogens is 4. The zero-order valence-corrected chi connectivity index (χ0v) is 12.6. The molecular weight excluding hydrogens is 350 g/mol. The topological polar surface area (TPSA) is 78.8 Å². The number of carboxylic acids is 1. The maximum absolute atomic E-state index is 11.7. The normalized spacial score (nSPS) is 12.2. The summed E-state index contributed by atoms with van der Waals surface area (Å²) >= 11 is 22.3. The molecule has 1 rings (SSSR count). The first-order chi connectivity index (χ1) is 9.32. The smallest absolute Gasteiger partial charge is 0.348 e. The van der Waals surface area contributed by atoms with Gasteiger partial charge in [-0.2, -0.15) is 5.10 Å². The number of carboxylic acid groups (broad SMARTS) is 1. The highest BCUT2D eigenvalue weighted by molar-refractivity contribution is 6.51. The number of hydrogen-bond acceptors (Lipinski definition) is 3. The van der Waals surface area contributed by atoms with E-state index in [2.05, 4.69) is 10.5 Å². The van der Waals surface area contributed by atoms with Crippen molar-refractivity contribution >= 4 is 64.5 Å². The number of nitrogens with zero attached hydrogens (tertiary/aromatic N) is 1. The van der Waals surface area contributed by atoms with Crippen molar-refractivity contribution in [2.45, 2.75) is 0 Å². The lowest BCUT2D eigenvalue weighted by atomic mass is 10.2. The first-order valence-electron chi connectivity index (χ1n) is 4.90. The number of aliphatic carboxylic acids is 1. The molecule has 0 unspecified atom stereocenters. The van der Waals surface area contributed by atoms with E-state index in [-0.39, 0.29) is 15.6 Å². The largest absolute Gasteiger partial charge is 0.477 e. The van der Waals surface area contributed by atoms with Crippen molar-refractivity contribution in [1.29, 1.82) is 0 Å². The van der Waals surface area contributed by atoms with E-state index in [0.717, 1.165) is 6.21 Å². The van der Waals surface area contributed by atoms with Gasteiger partial charge in [0, 0.05) is 5.56 Å². The van der Waals surface area contributed by atoms with Gasteiger partial charge in [-0.3, -0.25) is 4.79 Å². The molecule has 106 valence electrons. The van der Waals surface area contributed by atoms with Crippen molar-refractivity contribution in [3.8, 4) is 0 Å². The number of carbonyl (C=O) groups excluding carboxylic acids is 1. The van der Waals surface area contributed by atoms with Crippen LogP contribution in [0, 0.1) is 0 Å². The Morgan fingerprint density at radius 1 is 1.20 bits per heavy atom. The molecule has 1 aromatic carbocycles. The summed E-state index contributed by atoms with van der Waals surface area (Å²) in [5.74, 6) is -1.98. The summed E-state index contributed by atoms with van der Waals surface area (Å²) in [6.45, 7) is 0. The van der Waals surface area contributed by atoms with E-state index in [1.807, 2.05) is 0 Å². The Kier molecular flexibility index (Phi) is 6.29. The third-order valence-electron chi connectivity index (χ3n) is 1.92. The quantitative estimate of drug-likeness (QED) is 0.493. The van der Waals surface area contributed by atoms with Crippen LogP contribution >= 0.6 is 46.4 Å².